The first-order chi connectivity index (χ1) is 10.1. The molecule has 0 saturated carbocycles. The average Bonchev–Trinajstić information content (AvgIpc) is 2.66. The highest BCUT2D eigenvalue weighted by molar-refractivity contribution is 6.33. The number of hydrogen-bond acceptors (Lipinski definition) is 5. The van der Waals surface area contributed by atoms with Gasteiger partial charge in [-0.2, -0.15) is 0 Å². The van der Waals surface area contributed by atoms with Crippen LogP contribution >= 0.6 is 11.6 Å². The molecule has 21 heavy (non-hydrogen) atoms. The maximum Gasteiger partial charge on any atom is 0.288 e. The van der Waals surface area contributed by atoms with Crippen LogP contribution in [0.2, 0.25) is 5.02 Å². The molecule has 0 unspecified atom stereocenters. The van der Waals surface area contributed by atoms with Crippen molar-refractivity contribution in [2.75, 3.05) is 38.0 Å². The van der Waals surface area contributed by atoms with Crippen molar-refractivity contribution in [2.45, 2.75) is 6.42 Å². The summed E-state index contributed by atoms with van der Waals surface area (Å²) in [6, 6.07) is 4.15. The van der Waals surface area contributed by atoms with Crippen LogP contribution in [0.15, 0.2) is 18.2 Å². The van der Waals surface area contributed by atoms with Crippen LogP contribution in [0.5, 0.6) is 0 Å². The molecule has 0 bridgehead atoms. The summed E-state index contributed by atoms with van der Waals surface area (Å²) in [7, 11) is 0. The van der Waals surface area contributed by atoms with Gasteiger partial charge >= 0.3 is 0 Å². The van der Waals surface area contributed by atoms with Gasteiger partial charge in [0.1, 0.15) is 5.02 Å². The predicted molar refractivity (Wildman–Crippen MR) is 80.7 cm³/mol. The van der Waals surface area contributed by atoms with Crippen LogP contribution in [-0.2, 0) is 4.79 Å². The van der Waals surface area contributed by atoms with Crippen molar-refractivity contribution in [3.05, 3.63) is 33.3 Å². The number of rotatable bonds is 4. The molecule has 1 heterocycles. The Hall–Kier alpha value is -1.70. The minimum Gasteiger partial charge on any atom is -0.325 e. The Kier molecular flexibility index (Phi) is 5.49. The number of amides is 1. The molecule has 1 aliphatic heterocycles. The summed E-state index contributed by atoms with van der Waals surface area (Å²) in [4.78, 5) is 24.2. The molecule has 0 spiro atoms. The fraction of sp³-hybridized carbons (Fsp3) is 0.462. The quantitative estimate of drug-likeness (QED) is 0.649. The van der Waals surface area contributed by atoms with Crippen molar-refractivity contribution >= 4 is 28.9 Å². The number of nitrogens with one attached hydrogen (secondary N) is 2. The summed E-state index contributed by atoms with van der Waals surface area (Å²) in [5, 5.41) is 16.7. The number of halogens is 1. The highest BCUT2D eigenvalue weighted by atomic mass is 35.5. The smallest absolute Gasteiger partial charge is 0.288 e. The first-order valence-corrected chi connectivity index (χ1v) is 7.11. The zero-order valence-electron chi connectivity index (χ0n) is 11.5. The lowest BCUT2D eigenvalue weighted by Crippen LogP contribution is -2.35. The molecule has 2 rings (SSSR count). The Morgan fingerprint density at radius 2 is 2.24 bits per heavy atom. The number of nitrogens with zero attached hydrogens (tertiary/aromatic N) is 2. The average molecular weight is 313 g/mol. The van der Waals surface area contributed by atoms with Crippen molar-refractivity contribution in [3.8, 4) is 0 Å². The number of carbonyl (C=O) groups excluding carboxylic acids is 1. The predicted octanol–water partition coefficient (Wildman–Crippen LogP) is 1.48. The first kappa shape index (κ1) is 15.7. The second-order valence-electron chi connectivity index (χ2n) is 4.85. The van der Waals surface area contributed by atoms with E-state index in [1.54, 1.807) is 0 Å². The Balaban J connectivity index is 1.93. The van der Waals surface area contributed by atoms with Crippen LogP contribution in [0.1, 0.15) is 6.42 Å². The molecular weight excluding hydrogens is 296 g/mol. The van der Waals surface area contributed by atoms with E-state index in [1.807, 2.05) is 0 Å². The van der Waals surface area contributed by atoms with E-state index in [1.165, 1.54) is 18.2 Å². The largest absolute Gasteiger partial charge is 0.325 e. The number of nitro benzene ring substituents is 1. The summed E-state index contributed by atoms with van der Waals surface area (Å²) >= 11 is 5.81. The summed E-state index contributed by atoms with van der Waals surface area (Å²) in [5.41, 5.74) is 0.289. The van der Waals surface area contributed by atoms with Gasteiger partial charge in [0.15, 0.2) is 0 Å². The van der Waals surface area contributed by atoms with Gasteiger partial charge in [-0.3, -0.25) is 19.8 Å². The van der Waals surface area contributed by atoms with Gasteiger partial charge in [-0.15, -0.1) is 0 Å². The molecule has 1 amide bonds. The van der Waals surface area contributed by atoms with Gasteiger partial charge in [0.05, 0.1) is 11.5 Å². The van der Waals surface area contributed by atoms with E-state index in [0.717, 1.165) is 32.6 Å². The Morgan fingerprint density at radius 3 is 2.95 bits per heavy atom. The molecule has 1 aromatic rings. The van der Waals surface area contributed by atoms with Crippen molar-refractivity contribution in [3.63, 3.8) is 0 Å². The van der Waals surface area contributed by atoms with E-state index < -0.39 is 4.92 Å². The third kappa shape index (κ3) is 4.66. The lowest BCUT2D eigenvalue weighted by atomic mass is 10.2. The van der Waals surface area contributed by atoms with Crippen molar-refractivity contribution < 1.29 is 9.72 Å². The lowest BCUT2D eigenvalue weighted by Gasteiger charge is -2.18. The lowest BCUT2D eigenvalue weighted by molar-refractivity contribution is -0.384. The zero-order valence-corrected chi connectivity index (χ0v) is 12.2. The van der Waals surface area contributed by atoms with Crippen LogP contribution < -0.4 is 10.6 Å². The van der Waals surface area contributed by atoms with Crippen LogP contribution in [0.3, 0.4) is 0 Å². The van der Waals surface area contributed by atoms with Crippen LogP contribution in [0.4, 0.5) is 11.4 Å². The van der Waals surface area contributed by atoms with Gasteiger partial charge in [-0.25, -0.2) is 0 Å². The van der Waals surface area contributed by atoms with Gasteiger partial charge in [0, 0.05) is 24.8 Å². The highest BCUT2D eigenvalue weighted by Crippen LogP contribution is 2.27. The van der Waals surface area contributed by atoms with E-state index in [4.69, 9.17) is 11.6 Å². The zero-order chi connectivity index (χ0) is 15.2. The summed E-state index contributed by atoms with van der Waals surface area (Å²) < 4.78 is 0. The summed E-state index contributed by atoms with van der Waals surface area (Å²) in [5.74, 6) is -0.151. The molecule has 1 saturated heterocycles. The molecule has 2 N–H and O–H groups in total. The number of benzene rings is 1. The molecular formula is C13H17ClN4O3. The topological polar surface area (TPSA) is 87.5 Å². The van der Waals surface area contributed by atoms with Gasteiger partial charge < -0.3 is 10.6 Å². The van der Waals surface area contributed by atoms with E-state index in [0.29, 0.717) is 12.2 Å². The maximum atomic E-state index is 12.0. The molecule has 7 nitrogen and oxygen atoms in total. The third-order valence-electron chi connectivity index (χ3n) is 3.23. The summed E-state index contributed by atoms with van der Waals surface area (Å²) in [6.45, 7) is 3.85. The van der Waals surface area contributed by atoms with E-state index in [2.05, 4.69) is 15.5 Å². The normalized spacial score (nSPS) is 16.2. The maximum absolute atomic E-state index is 12.0. The van der Waals surface area contributed by atoms with Crippen molar-refractivity contribution in [2.24, 2.45) is 0 Å². The SMILES string of the molecule is O=C(CN1CCCNCC1)Nc1ccc([N+](=O)[O-])c(Cl)c1. The molecule has 8 heteroatoms. The monoisotopic (exact) mass is 312 g/mol. The molecule has 0 aliphatic carbocycles. The Morgan fingerprint density at radius 1 is 1.43 bits per heavy atom. The van der Waals surface area contributed by atoms with Crippen LogP contribution in [0.25, 0.3) is 0 Å². The molecule has 0 aromatic heterocycles. The van der Waals surface area contributed by atoms with E-state index in [-0.39, 0.29) is 16.6 Å². The minimum atomic E-state index is -0.557. The van der Waals surface area contributed by atoms with Gasteiger partial charge in [0.25, 0.3) is 5.69 Å². The van der Waals surface area contributed by atoms with Gasteiger partial charge in [0.2, 0.25) is 5.91 Å². The Bertz CT molecular complexity index is 530. The molecule has 1 fully saturated rings. The van der Waals surface area contributed by atoms with Crippen molar-refractivity contribution in [1.82, 2.24) is 10.2 Å². The molecule has 0 radical (unpaired) electrons. The van der Waals surface area contributed by atoms with Gasteiger partial charge in [-0.1, -0.05) is 11.6 Å². The van der Waals surface area contributed by atoms with Crippen LogP contribution in [-0.4, -0.2) is 48.5 Å². The second-order valence-corrected chi connectivity index (χ2v) is 5.26. The van der Waals surface area contributed by atoms with E-state index >= 15 is 0 Å². The molecule has 1 aliphatic rings. The highest BCUT2D eigenvalue weighted by Gasteiger charge is 2.15. The molecule has 114 valence electrons. The molecule has 1 aromatic carbocycles. The fourth-order valence-electron chi connectivity index (χ4n) is 2.20. The van der Waals surface area contributed by atoms with E-state index in [9.17, 15) is 14.9 Å². The van der Waals surface area contributed by atoms with Crippen LogP contribution in [0, 0.1) is 10.1 Å². The number of carbonyl (C=O) groups is 1. The Labute approximate surface area is 127 Å². The second kappa shape index (κ2) is 7.35. The van der Waals surface area contributed by atoms with Gasteiger partial charge in [-0.05, 0) is 31.6 Å². The molecule has 0 atom stereocenters. The minimum absolute atomic E-state index is 0.0109. The van der Waals surface area contributed by atoms with Crippen molar-refractivity contribution in [1.29, 1.82) is 0 Å². The first-order valence-electron chi connectivity index (χ1n) is 6.73. The number of hydrogen-bond donors (Lipinski definition) is 2. The fourth-order valence-corrected chi connectivity index (χ4v) is 2.45. The summed E-state index contributed by atoms with van der Waals surface area (Å²) in [6.07, 6.45) is 1.01. The standard InChI is InChI=1S/C13H17ClN4O3/c14-11-8-10(2-3-12(11)18(20)21)16-13(19)9-17-6-1-4-15-5-7-17/h2-3,8,15H,1,4-7,9H2,(H,16,19). The third-order valence-corrected chi connectivity index (χ3v) is 3.53. The number of anilines is 1. The number of nitro groups is 1.